The van der Waals surface area contributed by atoms with Crippen molar-refractivity contribution < 1.29 is 14.2 Å². The number of carbonyl (C=O) groups excluding carboxylic acids is 1. The summed E-state index contributed by atoms with van der Waals surface area (Å²) in [5.41, 5.74) is 2.12. The highest BCUT2D eigenvalue weighted by Gasteiger charge is 2.30. The first-order valence-electron chi connectivity index (χ1n) is 11.1. The molecule has 1 aromatic carbocycles. The maximum Gasteiger partial charge on any atom is 0.278 e. The predicted octanol–water partition coefficient (Wildman–Crippen LogP) is 4.54. The molecular weight excluding hydrogens is 424 g/mol. The fraction of sp³-hybridized carbons (Fsp3) is 0.458. The van der Waals surface area contributed by atoms with Gasteiger partial charge in [-0.05, 0) is 67.5 Å². The van der Waals surface area contributed by atoms with Crippen LogP contribution >= 0.6 is 11.3 Å². The van der Waals surface area contributed by atoms with Crippen molar-refractivity contribution in [1.29, 1.82) is 0 Å². The van der Waals surface area contributed by atoms with Crippen LogP contribution < -0.4 is 4.74 Å². The number of benzene rings is 1. The normalized spacial score (nSPS) is 16.5. The van der Waals surface area contributed by atoms with Gasteiger partial charge in [-0.2, -0.15) is 0 Å². The van der Waals surface area contributed by atoms with Crippen LogP contribution in [0.5, 0.6) is 5.75 Å². The minimum absolute atomic E-state index is 0.0931. The average Bonchev–Trinajstić information content (AvgIpc) is 3.46. The number of rotatable bonds is 9. The molecule has 1 aliphatic heterocycles. The molecule has 1 atom stereocenters. The highest BCUT2D eigenvalue weighted by atomic mass is 32.1. The molecule has 2 aromatic heterocycles. The Bertz CT molecular complexity index is 987. The molecule has 1 unspecified atom stereocenters. The summed E-state index contributed by atoms with van der Waals surface area (Å²) >= 11 is 1.79. The lowest BCUT2D eigenvalue weighted by atomic mass is 9.99. The average molecular weight is 455 g/mol. The van der Waals surface area contributed by atoms with Gasteiger partial charge in [0.15, 0.2) is 5.69 Å². The van der Waals surface area contributed by atoms with E-state index in [1.807, 2.05) is 17.0 Å². The molecule has 0 N–H and O–H groups in total. The Morgan fingerprint density at radius 1 is 1.22 bits per heavy atom. The van der Waals surface area contributed by atoms with Crippen LogP contribution in [-0.2, 0) is 13.1 Å². The summed E-state index contributed by atoms with van der Waals surface area (Å²) in [7, 11) is 2.14. The van der Waals surface area contributed by atoms with Gasteiger partial charge in [0.2, 0.25) is 0 Å². The molecule has 0 radical (unpaired) electrons. The van der Waals surface area contributed by atoms with Crippen LogP contribution in [0.2, 0.25) is 0 Å². The van der Waals surface area contributed by atoms with Crippen LogP contribution in [0.3, 0.4) is 0 Å². The van der Waals surface area contributed by atoms with Gasteiger partial charge in [0.05, 0.1) is 6.61 Å². The second-order valence-corrected chi connectivity index (χ2v) is 9.41. The fourth-order valence-corrected chi connectivity index (χ4v) is 4.95. The third kappa shape index (κ3) is 5.75. The number of carbonyl (C=O) groups is 1. The highest BCUT2D eigenvalue weighted by molar-refractivity contribution is 7.09. The predicted molar refractivity (Wildman–Crippen MR) is 124 cm³/mol. The van der Waals surface area contributed by atoms with E-state index in [9.17, 15) is 4.79 Å². The number of likely N-dealkylation sites (tertiary alicyclic amines) is 1. The summed E-state index contributed by atoms with van der Waals surface area (Å²) in [6, 6.07) is 12.7. The quantitative estimate of drug-likeness (QED) is 0.473. The summed E-state index contributed by atoms with van der Waals surface area (Å²) in [6.07, 6.45) is 3.91. The Labute approximate surface area is 192 Å². The van der Waals surface area contributed by atoms with E-state index in [4.69, 9.17) is 9.37 Å². The van der Waals surface area contributed by atoms with Crippen LogP contribution in [0.1, 0.15) is 52.3 Å². The van der Waals surface area contributed by atoms with Crippen molar-refractivity contribution in [1.82, 2.24) is 20.1 Å². The van der Waals surface area contributed by atoms with Crippen LogP contribution in [-0.4, -0.2) is 52.3 Å². The lowest BCUT2D eigenvalue weighted by molar-refractivity contribution is 0.0569. The van der Waals surface area contributed by atoms with E-state index < -0.39 is 0 Å². The fourth-order valence-electron chi connectivity index (χ4n) is 4.17. The monoisotopic (exact) mass is 454 g/mol. The van der Waals surface area contributed by atoms with Crippen molar-refractivity contribution in [3.8, 4) is 5.75 Å². The molecule has 0 saturated carbocycles. The van der Waals surface area contributed by atoms with Gasteiger partial charge < -0.3 is 9.64 Å². The second-order valence-electron chi connectivity index (χ2n) is 8.38. The van der Waals surface area contributed by atoms with Gasteiger partial charge >= 0.3 is 0 Å². The van der Waals surface area contributed by atoms with Crippen molar-refractivity contribution in [2.24, 2.45) is 0 Å². The van der Waals surface area contributed by atoms with Gasteiger partial charge in [-0.1, -0.05) is 23.4 Å². The van der Waals surface area contributed by atoms with E-state index in [-0.39, 0.29) is 11.9 Å². The molecule has 1 saturated heterocycles. The molecule has 170 valence electrons. The van der Waals surface area contributed by atoms with Crippen LogP contribution in [0, 0.1) is 6.92 Å². The highest BCUT2D eigenvalue weighted by Crippen LogP contribution is 2.23. The molecule has 7 nitrogen and oxygen atoms in total. The van der Waals surface area contributed by atoms with E-state index in [2.05, 4.69) is 51.9 Å². The van der Waals surface area contributed by atoms with Gasteiger partial charge in [0.25, 0.3) is 5.91 Å². The molecule has 1 amide bonds. The third-order valence-corrected chi connectivity index (χ3v) is 6.71. The summed E-state index contributed by atoms with van der Waals surface area (Å²) in [4.78, 5) is 18.5. The van der Waals surface area contributed by atoms with E-state index >= 15 is 0 Å². The lowest BCUT2D eigenvalue weighted by Crippen LogP contribution is -2.44. The molecule has 1 aliphatic rings. The molecule has 3 aromatic rings. The van der Waals surface area contributed by atoms with Crippen LogP contribution in [0.4, 0.5) is 0 Å². The maximum atomic E-state index is 12.9. The Hall–Kier alpha value is -2.71. The molecule has 0 spiro atoms. The third-order valence-electron chi connectivity index (χ3n) is 5.84. The van der Waals surface area contributed by atoms with Crippen molar-refractivity contribution in [3.05, 3.63) is 63.6 Å². The molecule has 0 bridgehead atoms. The number of ether oxygens (including phenoxy) is 1. The summed E-state index contributed by atoms with van der Waals surface area (Å²) in [5, 5.41) is 9.65. The standard InChI is InChI=1S/C24H30N4O3S/c1-18-23(26-31-25-18)24(29)28-13-4-3-6-20(28)12-14-30-21-10-8-19(9-11-21)16-27(2)17-22-7-5-15-32-22/h5,7-11,15,20H,3-4,6,12-14,16-17H2,1-2H3. The Kier molecular flexibility index (Phi) is 7.55. The Morgan fingerprint density at radius 2 is 2.06 bits per heavy atom. The van der Waals surface area contributed by atoms with Crippen LogP contribution in [0.15, 0.2) is 46.4 Å². The molecule has 32 heavy (non-hydrogen) atoms. The molecule has 3 heterocycles. The zero-order valence-corrected chi connectivity index (χ0v) is 19.5. The number of hydrogen-bond acceptors (Lipinski definition) is 7. The molecular formula is C24H30N4O3S. The maximum absolute atomic E-state index is 12.9. The topological polar surface area (TPSA) is 71.7 Å². The van der Waals surface area contributed by atoms with Gasteiger partial charge in [-0.15, -0.1) is 11.3 Å². The molecule has 8 heteroatoms. The molecule has 0 aliphatic carbocycles. The Morgan fingerprint density at radius 3 is 2.78 bits per heavy atom. The van der Waals surface area contributed by atoms with Gasteiger partial charge in [0.1, 0.15) is 11.4 Å². The van der Waals surface area contributed by atoms with Crippen molar-refractivity contribution in [2.75, 3.05) is 20.2 Å². The van der Waals surface area contributed by atoms with E-state index in [1.54, 1.807) is 18.3 Å². The van der Waals surface area contributed by atoms with Crippen LogP contribution in [0.25, 0.3) is 0 Å². The van der Waals surface area contributed by atoms with Crippen molar-refractivity contribution in [3.63, 3.8) is 0 Å². The van der Waals surface area contributed by atoms with Gasteiger partial charge in [0, 0.05) is 37.0 Å². The minimum Gasteiger partial charge on any atom is -0.494 e. The minimum atomic E-state index is -0.0931. The van der Waals surface area contributed by atoms with Crippen molar-refractivity contribution >= 4 is 17.2 Å². The zero-order valence-electron chi connectivity index (χ0n) is 18.7. The van der Waals surface area contributed by atoms with E-state index in [0.29, 0.717) is 18.0 Å². The van der Waals surface area contributed by atoms with Gasteiger partial charge in [-0.3, -0.25) is 9.69 Å². The van der Waals surface area contributed by atoms with E-state index in [0.717, 1.165) is 51.1 Å². The number of thiophene rings is 1. The number of nitrogens with zero attached hydrogens (tertiary/aromatic N) is 4. The number of piperidine rings is 1. The second kappa shape index (κ2) is 10.7. The molecule has 1 fully saturated rings. The van der Waals surface area contributed by atoms with E-state index in [1.165, 1.54) is 10.4 Å². The first-order valence-corrected chi connectivity index (χ1v) is 12.0. The summed E-state index contributed by atoms with van der Waals surface area (Å²) in [6.45, 7) is 4.91. The number of aryl methyl sites for hydroxylation is 1. The van der Waals surface area contributed by atoms with Gasteiger partial charge in [-0.25, -0.2) is 4.63 Å². The Balaban J connectivity index is 1.26. The lowest BCUT2D eigenvalue weighted by Gasteiger charge is -2.35. The first kappa shape index (κ1) is 22.5. The number of amides is 1. The summed E-state index contributed by atoms with van der Waals surface area (Å²) < 4.78 is 10.7. The SMILES string of the molecule is Cc1nonc1C(=O)N1CCCCC1CCOc1ccc(CN(C)Cc2cccs2)cc1. The first-order chi connectivity index (χ1) is 15.6. The number of hydrogen-bond donors (Lipinski definition) is 0. The largest absolute Gasteiger partial charge is 0.494 e. The van der Waals surface area contributed by atoms with Crippen molar-refractivity contribution in [2.45, 2.75) is 51.7 Å². The smallest absolute Gasteiger partial charge is 0.278 e. The number of aromatic nitrogens is 2. The molecule has 4 rings (SSSR count). The zero-order chi connectivity index (χ0) is 22.3. The summed E-state index contributed by atoms with van der Waals surface area (Å²) in [5.74, 6) is 0.768.